The van der Waals surface area contributed by atoms with E-state index in [2.05, 4.69) is 0 Å². The molecule has 0 N–H and O–H groups in total. The summed E-state index contributed by atoms with van der Waals surface area (Å²) < 4.78 is 9.38. The van der Waals surface area contributed by atoms with Gasteiger partial charge in [0.25, 0.3) is 0 Å². The minimum atomic E-state index is -0.0818. The van der Waals surface area contributed by atoms with Gasteiger partial charge in [0, 0.05) is 27.2 Å². The molecule has 0 bridgehead atoms. The van der Waals surface area contributed by atoms with Crippen molar-refractivity contribution in [2.24, 2.45) is 0 Å². The number of aromatic nitrogens is 2. The highest BCUT2D eigenvalue weighted by Gasteiger charge is 2.18. The maximum Gasteiger partial charge on any atom is 0.228 e. The Morgan fingerprint density at radius 3 is 2.57 bits per heavy atom. The first-order valence-corrected chi connectivity index (χ1v) is 7.57. The number of carbonyl (C=O) groups excluding carboxylic acids is 1. The maximum absolute atomic E-state index is 12.4. The van der Waals surface area contributed by atoms with E-state index >= 15 is 0 Å². The number of imidazole rings is 1. The van der Waals surface area contributed by atoms with Gasteiger partial charge in [-0.3, -0.25) is 4.79 Å². The predicted molar refractivity (Wildman–Crippen MR) is 92.5 cm³/mol. The molecule has 0 fully saturated rings. The lowest BCUT2D eigenvalue weighted by atomic mass is 10.1. The van der Waals surface area contributed by atoms with Gasteiger partial charge < -0.3 is 9.30 Å². The lowest BCUT2D eigenvalue weighted by Crippen LogP contribution is -2.24. The minimum absolute atomic E-state index is 0.0472. The van der Waals surface area contributed by atoms with E-state index < -0.39 is 0 Å². The Morgan fingerprint density at radius 2 is 1.87 bits per heavy atom. The van der Waals surface area contributed by atoms with Gasteiger partial charge in [0.15, 0.2) is 0 Å². The zero-order chi connectivity index (χ0) is 17.3. The first-order valence-electron chi connectivity index (χ1n) is 8.28. The molecule has 118 valence electrons. The number of aryl methyl sites for hydroxylation is 2. The second-order valence-electron chi connectivity index (χ2n) is 5.98. The number of hydrogen-bond acceptors (Lipinski definition) is 2. The molecular formula is C19H21N3O. The molecular weight excluding hydrogens is 286 g/mol. The highest BCUT2D eigenvalue weighted by molar-refractivity contribution is 5.81. The van der Waals surface area contributed by atoms with Crippen molar-refractivity contribution in [3.63, 3.8) is 0 Å². The Bertz CT molecular complexity index is 884. The number of nitrogens with zero attached hydrogens (tertiary/aromatic N) is 3. The molecule has 0 saturated carbocycles. The third-order valence-electron chi connectivity index (χ3n) is 3.93. The van der Waals surface area contributed by atoms with Crippen LogP contribution in [-0.4, -0.2) is 34.3 Å². The number of hydrogen-bond donors (Lipinski definition) is 0. The Morgan fingerprint density at radius 1 is 1.17 bits per heavy atom. The Hall–Kier alpha value is -2.62. The summed E-state index contributed by atoms with van der Waals surface area (Å²) in [7, 11) is 1.60. The first-order chi connectivity index (χ1) is 11.5. The summed E-state index contributed by atoms with van der Waals surface area (Å²) in [6.07, 6.45) is 2.23. The lowest BCUT2D eigenvalue weighted by molar-refractivity contribution is -0.128. The summed E-state index contributed by atoms with van der Waals surface area (Å²) in [6.45, 7) is 4.07. The quantitative estimate of drug-likeness (QED) is 0.745. The normalized spacial score (nSPS) is 11.5. The topological polar surface area (TPSA) is 37.6 Å². The first kappa shape index (κ1) is 14.0. The van der Waals surface area contributed by atoms with Crippen LogP contribution in [0.3, 0.4) is 0 Å². The molecule has 0 radical (unpaired) electrons. The van der Waals surface area contributed by atoms with Gasteiger partial charge in [0.05, 0.1) is 17.8 Å². The average Bonchev–Trinajstić information content (AvgIpc) is 2.92. The van der Waals surface area contributed by atoms with Crippen LogP contribution in [0.4, 0.5) is 0 Å². The maximum atomic E-state index is 12.4. The second-order valence-corrected chi connectivity index (χ2v) is 5.98. The summed E-state index contributed by atoms with van der Waals surface area (Å²) in [4.78, 5) is 18.5. The molecule has 23 heavy (non-hydrogen) atoms. The lowest BCUT2D eigenvalue weighted by Gasteiger charge is -2.11. The third-order valence-corrected chi connectivity index (χ3v) is 3.93. The fourth-order valence-corrected chi connectivity index (χ4v) is 2.59. The standard InChI is InChI=1S/C19H21N3O/c1-13-5-8-15(9-6-13)19-16(11-18(23)21(3)4)22-12-14(2)7-10-17(22)20-19/h5-10,12H,11H2,1-4H3/i3D. The number of likely N-dealkylation sites (N-methyl/N-ethyl adjacent to an activating group) is 1. The molecule has 0 aliphatic rings. The highest BCUT2D eigenvalue weighted by atomic mass is 16.2. The molecule has 0 saturated heterocycles. The fraction of sp³-hybridized carbons (Fsp3) is 0.263. The molecule has 1 aromatic carbocycles. The van der Waals surface area contributed by atoms with Crippen LogP contribution in [-0.2, 0) is 11.2 Å². The molecule has 0 spiro atoms. The molecule has 2 heterocycles. The van der Waals surface area contributed by atoms with E-state index in [0.717, 1.165) is 28.2 Å². The summed E-state index contributed by atoms with van der Waals surface area (Å²) >= 11 is 0. The zero-order valence-corrected chi connectivity index (χ0v) is 13.7. The predicted octanol–water partition coefficient (Wildman–Crippen LogP) is 3.25. The second kappa shape index (κ2) is 5.88. The number of amides is 1. The van der Waals surface area contributed by atoms with Crippen LogP contribution in [0.2, 0.25) is 0 Å². The number of benzene rings is 1. The van der Waals surface area contributed by atoms with Crippen molar-refractivity contribution >= 4 is 11.6 Å². The van der Waals surface area contributed by atoms with Gasteiger partial charge in [-0.25, -0.2) is 4.98 Å². The van der Waals surface area contributed by atoms with E-state index in [9.17, 15) is 4.79 Å². The van der Waals surface area contributed by atoms with Crippen molar-refractivity contribution < 1.29 is 6.17 Å². The fourth-order valence-electron chi connectivity index (χ4n) is 2.59. The van der Waals surface area contributed by atoms with Gasteiger partial charge >= 0.3 is 0 Å². The molecule has 2 aromatic heterocycles. The van der Waals surface area contributed by atoms with E-state index in [4.69, 9.17) is 6.35 Å². The van der Waals surface area contributed by atoms with Gasteiger partial charge in [0.2, 0.25) is 5.91 Å². The summed E-state index contributed by atoms with van der Waals surface area (Å²) in [6, 6.07) is 12.1. The molecule has 3 rings (SSSR count). The summed E-state index contributed by atoms with van der Waals surface area (Å²) in [5.74, 6) is -0.0818. The van der Waals surface area contributed by atoms with E-state index in [1.807, 2.05) is 60.8 Å². The number of rotatable bonds is 3. The van der Waals surface area contributed by atoms with E-state index in [0.29, 0.717) is 0 Å². The Balaban J connectivity index is 2.15. The monoisotopic (exact) mass is 308 g/mol. The minimum Gasteiger partial charge on any atom is -0.348 e. The Kier molecular flexibility index (Phi) is 3.58. The van der Waals surface area contributed by atoms with E-state index in [1.165, 1.54) is 10.5 Å². The average molecular weight is 308 g/mol. The largest absolute Gasteiger partial charge is 0.348 e. The van der Waals surface area contributed by atoms with E-state index in [1.54, 1.807) is 7.05 Å². The van der Waals surface area contributed by atoms with Crippen molar-refractivity contribution in [3.8, 4) is 11.3 Å². The molecule has 1 amide bonds. The number of pyridine rings is 1. The van der Waals surface area contributed by atoms with Crippen molar-refractivity contribution in [2.75, 3.05) is 14.1 Å². The third kappa shape index (κ3) is 2.97. The Labute approximate surface area is 137 Å². The smallest absolute Gasteiger partial charge is 0.228 e. The van der Waals surface area contributed by atoms with Gasteiger partial charge in [-0.2, -0.15) is 0 Å². The molecule has 4 heteroatoms. The van der Waals surface area contributed by atoms with Crippen molar-refractivity contribution in [1.82, 2.24) is 14.3 Å². The summed E-state index contributed by atoms with van der Waals surface area (Å²) in [5.41, 5.74) is 5.81. The van der Waals surface area contributed by atoms with Crippen molar-refractivity contribution in [1.29, 1.82) is 0 Å². The zero-order valence-electron chi connectivity index (χ0n) is 14.7. The van der Waals surface area contributed by atoms with Crippen LogP contribution in [0, 0.1) is 13.8 Å². The van der Waals surface area contributed by atoms with Crippen molar-refractivity contribution in [2.45, 2.75) is 20.3 Å². The summed E-state index contributed by atoms with van der Waals surface area (Å²) in [5, 5.41) is 0. The van der Waals surface area contributed by atoms with Gasteiger partial charge in [0.1, 0.15) is 5.65 Å². The van der Waals surface area contributed by atoms with Crippen LogP contribution in [0.25, 0.3) is 16.9 Å². The van der Waals surface area contributed by atoms with Crippen LogP contribution in [0.5, 0.6) is 0 Å². The SMILES string of the molecule is [2H]CN(C)C(=O)Cc1c(-c2ccc(C)cc2)nc2ccc(C)cn12. The van der Waals surface area contributed by atoms with Crippen LogP contribution < -0.4 is 0 Å². The molecule has 0 aliphatic carbocycles. The molecule has 0 atom stereocenters. The van der Waals surface area contributed by atoms with Crippen LogP contribution in [0.1, 0.15) is 18.2 Å². The molecule has 3 aromatic rings. The van der Waals surface area contributed by atoms with Gasteiger partial charge in [-0.05, 0) is 25.5 Å². The highest BCUT2D eigenvalue weighted by Crippen LogP contribution is 2.26. The number of carbonyl (C=O) groups is 1. The van der Waals surface area contributed by atoms with Crippen LogP contribution >= 0.6 is 0 Å². The van der Waals surface area contributed by atoms with Crippen LogP contribution in [0.15, 0.2) is 42.6 Å². The molecule has 0 unspecified atom stereocenters. The number of fused-ring (bicyclic) bond motifs is 1. The van der Waals surface area contributed by atoms with Crippen molar-refractivity contribution in [3.05, 3.63) is 59.4 Å². The van der Waals surface area contributed by atoms with E-state index in [-0.39, 0.29) is 19.4 Å². The van der Waals surface area contributed by atoms with Gasteiger partial charge in [-0.1, -0.05) is 35.9 Å². The molecule has 0 aliphatic heterocycles. The molecule has 4 nitrogen and oxygen atoms in total. The van der Waals surface area contributed by atoms with Gasteiger partial charge in [-0.15, -0.1) is 0 Å².